The van der Waals surface area contributed by atoms with Gasteiger partial charge in [0.15, 0.2) is 11.5 Å². The van der Waals surface area contributed by atoms with Crippen LogP contribution in [0.25, 0.3) is 0 Å². The van der Waals surface area contributed by atoms with Crippen molar-refractivity contribution in [3.8, 4) is 5.75 Å². The fourth-order valence-electron chi connectivity index (χ4n) is 2.62. The Kier molecular flexibility index (Phi) is 6.79. The highest BCUT2D eigenvalue weighted by atomic mass is 16.5. The third kappa shape index (κ3) is 5.11. The average molecular weight is 383 g/mol. The zero-order valence-corrected chi connectivity index (χ0v) is 15.8. The lowest BCUT2D eigenvalue weighted by molar-refractivity contribution is -0.141. The molecule has 0 bridgehead atoms. The first kappa shape index (κ1) is 21.0. The number of ether oxygens (including phenoxy) is 1. The molecule has 2 N–H and O–H groups in total. The number of carbonyl (C=O) groups is 3. The molecule has 0 aromatic heterocycles. The minimum atomic E-state index is -1.09. The SMILES string of the molecule is COC(Cc1cc(C(=O)Nc2ccccc2C)cc(O)c(=O)c1)C(=O)C(C)=O. The van der Waals surface area contributed by atoms with Gasteiger partial charge in [0.05, 0.1) is 0 Å². The Morgan fingerprint density at radius 3 is 2.43 bits per heavy atom. The van der Waals surface area contributed by atoms with Crippen LogP contribution in [0.2, 0.25) is 0 Å². The molecule has 0 aliphatic heterocycles. The number of hydrogen-bond acceptors (Lipinski definition) is 6. The molecular formula is C21H21NO6. The molecule has 2 aromatic carbocycles. The van der Waals surface area contributed by atoms with Crippen LogP contribution in [0.1, 0.15) is 28.4 Å². The van der Waals surface area contributed by atoms with Gasteiger partial charge in [-0.3, -0.25) is 19.2 Å². The second kappa shape index (κ2) is 9.05. The third-order valence-corrected chi connectivity index (χ3v) is 4.20. The van der Waals surface area contributed by atoms with Gasteiger partial charge in [0.1, 0.15) is 6.10 Å². The summed E-state index contributed by atoms with van der Waals surface area (Å²) in [5.74, 6) is -2.55. The smallest absolute Gasteiger partial charge is 0.255 e. The molecule has 1 unspecified atom stereocenters. The highest BCUT2D eigenvalue weighted by Crippen LogP contribution is 2.17. The van der Waals surface area contributed by atoms with Crippen molar-refractivity contribution in [2.45, 2.75) is 26.4 Å². The lowest BCUT2D eigenvalue weighted by atomic mass is 10.0. The van der Waals surface area contributed by atoms with Crippen molar-refractivity contribution in [3.63, 3.8) is 0 Å². The monoisotopic (exact) mass is 383 g/mol. The van der Waals surface area contributed by atoms with E-state index in [1.165, 1.54) is 13.2 Å². The minimum Gasteiger partial charge on any atom is -0.504 e. The summed E-state index contributed by atoms with van der Waals surface area (Å²) in [5, 5.41) is 12.6. The number of rotatable bonds is 7. The molecular weight excluding hydrogens is 362 g/mol. The molecule has 0 fully saturated rings. The molecule has 1 atom stereocenters. The van der Waals surface area contributed by atoms with Crippen LogP contribution in [0.4, 0.5) is 5.69 Å². The van der Waals surface area contributed by atoms with Gasteiger partial charge >= 0.3 is 0 Å². The first-order valence-corrected chi connectivity index (χ1v) is 8.54. The lowest BCUT2D eigenvalue weighted by Gasteiger charge is -2.12. The number of hydrogen-bond donors (Lipinski definition) is 2. The van der Waals surface area contributed by atoms with E-state index in [1.54, 1.807) is 12.1 Å². The number of amides is 1. The molecule has 146 valence electrons. The van der Waals surface area contributed by atoms with Crippen molar-refractivity contribution < 1.29 is 24.2 Å². The highest BCUT2D eigenvalue weighted by molar-refractivity contribution is 6.38. The topological polar surface area (TPSA) is 110 Å². The van der Waals surface area contributed by atoms with Crippen LogP contribution < -0.4 is 10.7 Å². The molecule has 7 heteroatoms. The van der Waals surface area contributed by atoms with E-state index < -0.39 is 34.8 Å². The molecule has 2 aromatic rings. The van der Waals surface area contributed by atoms with Crippen molar-refractivity contribution in [2.75, 3.05) is 12.4 Å². The van der Waals surface area contributed by atoms with Crippen LogP contribution in [0.15, 0.2) is 47.3 Å². The van der Waals surface area contributed by atoms with E-state index >= 15 is 0 Å². The molecule has 0 spiro atoms. The predicted octanol–water partition coefficient (Wildman–Crippen LogP) is 2.03. The van der Waals surface area contributed by atoms with Crippen LogP contribution in [0.3, 0.4) is 0 Å². The van der Waals surface area contributed by atoms with Crippen LogP contribution in [0.5, 0.6) is 5.75 Å². The predicted molar refractivity (Wildman–Crippen MR) is 104 cm³/mol. The lowest BCUT2D eigenvalue weighted by Crippen LogP contribution is -2.30. The van der Waals surface area contributed by atoms with Gasteiger partial charge in [0.2, 0.25) is 11.2 Å². The molecule has 0 radical (unpaired) electrons. The number of para-hydroxylation sites is 1. The van der Waals surface area contributed by atoms with Crippen molar-refractivity contribution in [2.24, 2.45) is 0 Å². The summed E-state index contributed by atoms with van der Waals surface area (Å²) in [6.07, 6.45) is -1.18. The van der Waals surface area contributed by atoms with E-state index in [1.807, 2.05) is 19.1 Å². The zero-order valence-electron chi connectivity index (χ0n) is 15.8. The molecule has 0 heterocycles. The number of anilines is 1. The largest absolute Gasteiger partial charge is 0.504 e. The molecule has 2 rings (SSSR count). The number of carbonyl (C=O) groups excluding carboxylic acids is 3. The van der Waals surface area contributed by atoms with Gasteiger partial charge in [-0.2, -0.15) is 0 Å². The van der Waals surface area contributed by atoms with Gasteiger partial charge in [-0.1, -0.05) is 18.2 Å². The Hall–Kier alpha value is -3.32. The number of benzene rings is 1. The Labute approximate surface area is 162 Å². The maximum absolute atomic E-state index is 12.6. The van der Waals surface area contributed by atoms with Crippen molar-refractivity contribution >= 4 is 23.2 Å². The minimum absolute atomic E-state index is 0.0305. The van der Waals surface area contributed by atoms with Crippen LogP contribution in [0, 0.1) is 6.92 Å². The second-order valence-electron chi connectivity index (χ2n) is 6.33. The van der Waals surface area contributed by atoms with E-state index in [2.05, 4.69) is 5.32 Å². The van der Waals surface area contributed by atoms with E-state index in [0.29, 0.717) is 5.69 Å². The Morgan fingerprint density at radius 2 is 1.82 bits per heavy atom. The maximum Gasteiger partial charge on any atom is 0.255 e. The van der Waals surface area contributed by atoms with Crippen molar-refractivity contribution in [1.82, 2.24) is 0 Å². The number of methoxy groups -OCH3 is 1. The summed E-state index contributed by atoms with van der Waals surface area (Å²) in [5.41, 5.74) is 1.03. The van der Waals surface area contributed by atoms with E-state index in [9.17, 15) is 24.3 Å². The first-order valence-electron chi connectivity index (χ1n) is 8.54. The van der Waals surface area contributed by atoms with Crippen LogP contribution in [-0.2, 0) is 20.7 Å². The van der Waals surface area contributed by atoms with Crippen LogP contribution in [-0.4, -0.2) is 35.8 Å². The Balaban J connectivity index is 2.40. The second-order valence-corrected chi connectivity index (χ2v) is 6.33. The maximum atomic E-state index is 12.6. The summed E-state index contributed by atoms with van der Waals surface area (Å²) < 4.78 is 5.05. The summed E-state index contributed by atoms with van der Waals surface area (Å²) in [7, 11) is 1.27. The summed E-state index contributed by atoms with van der Waals surface area (Å²) in [4.78, 5) is 47.9. The van der Waals surface area contributed by atoms with E-state index in [-0.39, 0.29) is 17.5 Å². The zero-order chi connectivity index (χ0) is 20.8. The molecule has 0 saturated carbocycles. The normalized spacial score (nSPS) is 11.5. The first-order chi connectivity index (χ1) is 13.2. The number of Topliss-reactive ketones (excluding diaryl/α,β-unsaturated/α-hetero) is 2. The van der Waals surface area contributed by atoms with Crippen molar-refractivity contribution in [1.29, 1.82) is 0 Å². The Morgan fingerprint density at radius 1 is 1.14 bits per heavy atom. The summed E-state index contributed by atoms with van der Waals surface area (Å²) in [6, 6.07) is 10.7. The number of ketones is 2. The van der Waals surface area contributed by atoms with Gasteiger partial charge in [0, 0.05) is 31.7 Å². The van der Waals surface area contributed by atoms with Gasteiger partial charge in [-0.25, -0.2) is 0 Å². The number of nitrogens with one attached hydrogen (secondary N) is 1. The molecule has 0 aliphatic rings. The van der Waals surface area contributed by atoms with Crippen LogP contribution >= 0.6 is 0 Å². The number of aromatic hydroxyl groups is 1. The molecule has 0 saturated heterocycles. The fourth-order valence-corrected chi connectivity index (χ4v) is 2.62. The average Bonchev–Trinajstić information content (AvgIpc) is 2.79. The summed E-state index contributed by atoms with van der Waals surface area (Å²) >= 11 is 0. The molecule has 1 amide bonds. The molecule has 0 aliphatic carbocycles. The quantitative estimate of drug-likeness (QED) is 0.708. The molecule has 28 heavy (non-hydrogen) atoms. The highest BCUT2D eigenvalue weighted by Gasteiger charge is 2.23. The molecule has 7 nitrogen and oxygen atoms in total. The summed E-state index contributed by atoms with van der Waals surface area (Å²) in [6.45, 7) is 2.96. The number of aryl methyl sites for hydroxylation is 1. The van der Waals surface area contributed by atoms with E-state index in [4.69, 9.17) is 4.74 Å². The van der Waals surface area contributed by atoms with E-state index in [0.717, 1.165) is 24.6 Å². The van der Waals surface area contributed by atoms with Gasteiger partial charge < -0.3 is 15.2 Å². The van der Waals surface area contributed by atoms with Gasteiger partial charge in [0.25, 0.3) is 5.91 Å². The van der Waals surface area contributed by atoms with Gasteiger partial charge in [-0.15, -0.1) is 0 Å². The van der Waals surface area contributed by atoms with Gasteiger partial charge in [-0.05, 0) is 42.3 Å². The third-order valence-electron chi connectivity index (χ3n) is 4.20. The fraction of sp³-hybridized carbons (Fsp3) is 0.238. The Bertz CT molecular complexity index is 983. The van der Waals surface area contributed by atoms with Crippen molar-refractivity contribution in [3.05, 3.63) is 69.4 Å². The standard InChI is InChI=1S/C21H21NO6/c1-12-6-4-5-7-16(12)22-21(27)15-8-14(9-17(24)18(25)11-15)10-19(28-3)20(26)13(2)23/h4-9,11,19H,10H2,1-3H3,(H,22,27)(H,24,25).